The third-order valence-corrected chi connectivity index (χ3v) is 2.38. The summed E-state index contributed by atoms with van der Waals surface area (Å²) >= 11 is 0. The summed E-state index contributed by atoms with van der Waals surface area (Å²) in [6.07, 6.45) is 6.06. The van der Waals surface area contributed by atoms with Gasteiger partial charge in [0.05, 0.1) is 0 Å². The van der Waals surface area contributed by atoms with Crippen molar-refractivity contribution in [2.75, 3.05) is 0 Å². The molecule has 0 rings (SSSR count). The van der Waals surface area contributed by atoms with Crippen molar-refractivity contribution in [3.8, 4) is 0 Å². The molecule has 13 heavy (non-hydrogen) atoms. The monoisotopic (exact) mass is 181 g/mol. The minimum atomic E-state index is 0.685. The van der Waals surface area contributed by atoms with Gasteiger partial charge in [-0.15, -0.1) is 0 Å². The van der Waals surface area contributed by atoms with Crippen LogP contribution in [0.5, 0.6) is 0 Å². The van der Waals surface area contributed by atoms with Crippen molar-refractivity contribution in [3.63, 3.8) is 0 Å². The molecular weight excluding hydrogens is 158 g/mol. The van der Waals surface area contributed by atoms with E-state index >= 15 is 0 Å². The first kappa shape index (κ1) is 12.4. The van der Waals surface area contributed by atoms with Crippen LogP contribution in [0.1, 0.15) is 53.4 Å². The molecule has 0 atom stereocenters. The van der Waals surface area contributed by atoms with Crippen LogP contribution in [-0.4, -0.2) is 6.21 Å². The second-order valence-corrected chi connectivity index (χ2v) is 4.13. The molecule has 0 aliphatic rings. The van der Waals surface area contributed by atoms with E-state index in [1.54, 1.807) is 5.57 Å². The number of nitrogens with one attached hydrogen (secondary N) is 1. The highest BCUT2D eigenvalue weighted by atomic mass is 14.3. The molecule has 0 aliphatic carbocycles. The van der Waals surface area contributed by atoms with E-state index in [2.05, 4.69) is 27.7 Å². The number of rotatable bonds is 6. The zero-order chi connectivity index (χ0) is 10.3. The molecule has 0 bridgehead atoms. The Kier molecular flexibility index (Phi) is 6.56. The van der Waals surface area contributed by atoms with E-state index in [4.69, 9.17) is 5.41 Å². The smallest absolute Gasteiger partial charge is 0.00477 e. The van der Waals surface area contributed by atoms with Gasteiger partial charge in [0, 0.05) is 0 Å². The van der Waals surface area contributed by atoms with E-state index in [9.17, 15) is 0 Å². The summed E-state index contributed by atoms with van der Waals surface area (Å²) in [6.45, 7) is 8.93. The molecule has 1 heteroatoms. The summed E-state index contributed by atoms with van der Waals surface area (Å²) in [6, 6.07) is 0. The van der Waals surface area contributed by atoms with Crippen molar-refractivity contribution in [2.45, 2.75) is 53.4 Å². The van der Waals surface area contributed by atoms with Crippen LogP contribution in [0.4, 0.5) is 0 Å². The van der Waals surface area contributed by atoms with Gasteiger partial charge in [-0.1, -0.05) is 25.0 Å². The fraction of sp³-hybridized carbons (Fsp3) is 0.750. The predicted octanol–water partition coefficient (Wildman–Crippen LogP) is 4.19. The molecule has 0 amide bonds. The Bertz CT molecular complexity index is 174. The maximum atomic E-state index is 6.92. The number of allylic oxidation sites excluding steroid dienone is 2. The molecule has 76 valence electrons. The van der Waals surface area contributed by atoms with E-state index in [1.807, 2.05) is 0 Å². The third-order valence-electron chi connectivity index (χ3n) is 2.38. The van der Waals surface area contributed by atoms with Crippen molar-refractivity contribution >= 4 is 6.21 Å². The molecule has 0 fully saturated rings. The highest BCUT2D eigenvalue weighted by Crippen LogP contribution is 2.20. The molecule has 0 heterocycles. The Morgan fingerprint density at radius 2 is 1.85 bits per heavy atom. The Hall–Kier alpha value is -0.590. The standard InChI is InChI=1S/C12H23N/c1-10(2)12(11(3)4)8-6-5-7-9-13/h9-10,13H,5-8H2,1-4H3. The average molecular weight is 181 g/mol. The molecule has 0 radical (unpaired) electrons. The number of hydrogen-bond donors (Lipinski definition) is 1. The Labute approximate surface area is 82.7 Å². The maximum absolute atomic E-state index is 6.92. The fourth-order valence-corrected chi connectivity index (χ4v) is 1.68. The van der Waals surface area contributed by atoms with E-state index in [0.29, 0.717) is 5.92 Å². The van der Waals surface area contributed by atoms with E-state index in [-0.39, 0.29) is 0 Å². The lowest BCUT2D eigenvalue weighted by Gasteiger charge is -2.13. The van der Waals surface area contributed by atoms with Crippen LogP contribution in [0.25, 0.3) is 0 Å². The van der Waals surface area contributed by atoms with Gasteiger partial charge < -0.3 is 5.41 Å². The van der Waals surface area contributed by atoms with E-state index < -0.39 is 0 Å². The van der Waals surface area contributed by atoms with Gasteiger partial charge in [0.2, 0.25) is 0 Å². The summed E-state index contributed by atoms with van der Waals surface area (Å²) in [5.41, 5.74) is 3.08. The predicted molar refractivity (Wildman–Crippen MR) is 60.5 cm³/mol. The van der Waals surface area contributed by atoms with Crippen LogP contribution in [0.3, 0.4) is 0 Å². The Balaban J connectivity index is 3.86. The fourth-order valence-electron chi connectivity index (χ4n) is 1.68. The van der Waals surface area contributed by atoms with Gasteiger partial charge in [-0.05, 0) is 51.7 Å². The normalized spacial score (nSPS) is 10.2. The second kappa shape index (κ2) is 6.88. The molecule has 0 unspecified atom stereocenters. The first-order valence-corrected chi connectivity index (χ1v) is 5.24. The zero-order valence-corrected chi connectivity index (χ0v) is 9.48. The molecule has 0 aromatic heterocycles. The number of unbranched alkanes of at least 4 members (excludes halogenated alkanes) is 2. The van der Waals surface area contributed by atoms with Crippen molar-refractivity contribution in [3.05, 3.63) is 11.1 Å². The topological polar surface area (TPSA) is 23.9 Å². The van der Waals surface area contributed by atoms with Gasteiger partial charge in [-0.2, -0.15) is 0 Å². The van der Waals surface area contributed by atoms with Gasteiger partial charge in [-0.3, -0.25) is 0 Å². The molecule has 0 aromatic carbocycles. The molecule has 1 nitrogen and oxygen atoms in total. The van der Waals surface area contributed by atoms with Gasteiger partial charge >= 0.3 is 0 Å². The lowest BCUT2D eigenvalue weighted by Crippen LogP contribution is -1.97. The quantitative estimate of drug-likeness (QED) is 0.361. The highest BCUT2D eigenvalue weighted by Gasteiger charge is 2.04. The van der Waals surface area contributed by atoms with Crippen LogP contribution >= 0.6 is 0 Å². The van der Waals surface area contributed by atoms with Crippen LogP contribution < -0.4 is 0 Å². The summed E-state index contributed by atoms with van der Waals surface area (Å²) in [4.78, 5) is 0. The van der Waals surface area contributed by atoms with Crippen LogP contribution in [0, 0.1) is 11.3 Å². The first-order chi connectivity index (χ1) is 6.09. The largest absolute Gasteiger partial charge is 0.313 e. The van der Waals surface area contributed by atoms with Crippen LogP contribution in [0.2, 0.25) is 0 Å². The Morgan fingerprint density at radius 3 is 2.23 bits per heavy atom. The molecule has 1 N–H and O–H groups in total. The minimum absolute atomic E-state index is 0.685. The van der Waals surface area contributed by atoms with Crippen molar-refractivity contribution in [1.29, 1.82) is 5.41 Å². The lowest BCUT2D eigenvalue weighted by atomic mass is 9.93. The van der Waals surface area contributed by atoms with Gasteiger partial charge in [0.1, 0.15) is 0 Å². The third kappa shape index (κ3) is 5.62. The molecule has 0 aromatic rings. The van der Waals surface area contributed by atoms with E-state index in [0.717, 1.165) is 12.8 Å². The van der Waals surface area contributed by atoms with E-state index in [1.165, 1.54) is 24.6 Å². The molecular formula is C12H23N. The summed E-state index contributed by atoms with van der Waals surface area (Å²) in [5.74, 6) is 0.685. The van der Waals surface area contributed by atoms with Crippen molar-refractivity contribution in [2.24, 2.45) is 5.92 Å². The van der Waals surface area contributed by atoms with Crippen LogP contribution in [-0.2, 0) is 0 Å². The molecule has 0 saturated carbocycles. The summed E-state index contributed by atoms with van der Waals surface area (Å²) in [7, 11) is 0. The second-order valence-electron chi connectivity index (χ2n) is 4.13. The maximum Gasteiger partial charge on any atom is -0.00477 e. The van der Waals surface area contributed by atoms with Crippen LogP contribution in [0.15, 0.2) is 11.1 Å². The minimum Gasteiger partial charge on any atom is -0.313 e. The number of hydrogen-bond acceptors (Lipinski definition) is 1. The summed E-state index contributed by atoms with van der Waals surface area (Å²) < 4.78 is 0. The molecule has 0 spiro atoms. The lowest BCUT2D eigenvalue weighted by molar-refractivity contribution is 0.656. The highest BCUT2D eigenvalue weighted by molar-refractivity contribution is 5.52. The SMILES string of the molecule is CC(C)=C(CCCCC=N)C(C)C. The zero-order valence-electron chi connectivity index (χ0n) is 9.48. The van der Waals surface area contributed by atoms with Crippen molar-refractivity contribution < 1.29 is 0 Å². The Morgan fingerprint density at radius 1 is 1.23 bits per heavy atom. The molecule has 0 aliphatic heterocycles. The first-order valence-electron chi connectivity index (χ1n) is 5.24. The van der Waals surface area contributed by atoms with Gasteiger partial charge in [0.25, 0.3) is 0 Å². The van der Waals surface area contributed by atoms with Gasteiger partial charge in [-0.25, -0.2) is 0 Å². The average Bonchev–Trinajstić information content (AvgIpc) is 2.02. The summed E-state index contributed by atoms with van der Waals surface area (Å²) in [5, 5.41) is 6.92. The molecule has 0 saturated heterocycles. The van der Waals surface area contributed by atoms with Gasteiger partial charge in [0.15, 0.2) is 0 Å². The van der Waals surface area contributed by atoms with Crippen molar-refractivity contribution in [1.82, 2.24) is 0 Å².